The molecule has 0 fully saturated rings. The van der Waals surface area contributed by atoms with Crippen molar-refractivity contribution in [2.75, 3.05) is 55.1 Å². The van der Waals surface area contributed by atoms with Crippen molar-refractivity contribution in [2.24, 2.45) is 0 Å². The minimum Gasteiger partial charge on any atom is -0.496 e. The summed E-state index contributed by atoms with van der Waals surface area (Å²) in [7, 11) is 1.80. The van der Waals surface area contributed by atoms with Gasteiger partial charge in [0.1, 0.15) is 23.7 Å². The standard InChI is InChI=1S/C25H37O11P/c1-8-34-24(26)20(37(28,31-6)32-7)13-16(2)9-10-18-22(30-5)17(3)19-14-35-25(27)21(19)23(18)36-15-33-12-11-29-4/h9,20H,8,10-15H2,1-7H3/b16-9+. The molecule has 0 radical (unpaired) electrons. The van der Waals surface area contributed by atoms with E-state index in [0.717, 1.165) is 11.1 Å². The average Bonchev–Trinajstić information content (AvgIpc) is 3.28. The van der Waals surface area contributed by atoms with Crippen LogP contribution < -0.4 is 9.47 Å². The van der Waals surface area contributed by atoms with E-state index in [-0.39, 0.29) is 32.8 Å². The van der Waals surface area contributed by atoms with Crippen LogP contribution in [0.5, 0.6) is 11.5 Å². The van der Waals surface area contributed by atoms with E-state index >= 15 is 0 Å². The van der Waals surface area contributed by atoms with Gasteiger partial charge in [-0.3, -0.25) is 9.36 Å². The summed E-state index contributed by atoms with van der Waals surface area (Å²) in [5, 5.41) is 0. The molecule has 0 aromatic heterocycles. The fraction of sp³-hybridized carbons (Fsp3) is 0.600. The SMILES string of the molecule is CCOC(=O)C(C/C(C)=C/Cc1c(OC)c(C)c2c(c1OCOCCOC)C(=O)OC2)P(=O)(OC)OC. The molecule has 1 atom stereocenters. The normalized spacial score (nSPS) is 14.2. The highest BCUT2D eigenvalue weighted by molar-refractivity contribution is 7.55. The van der Waals surface area contributed by atoms with Gasteiger partial charge in [-0.1, -0.05) is 11.6 Å². The zero-order valence-corrected chi connectivity index (χ0v) is 23.4. The Bertz CT molecular complexity index is 1030. The number of allylic oxidation sites excluding steroid dienone is 2. The third-order valence-electron chi connectivity index (χ3n) is 5.96. The third-order valence-corrected chi connectivity index (χ3v) is 8.14. The summed E-state index contributed by atoms with van der Waals surface area (Å²) in [6.07, 6.45) is 2.19. The van der Waals surface area contributed by atoms with E-state index in [1.807, 2.05) is 13.0 Å². The maximum atomic E-state index is 13.0. The molecule has 0 bridgehead atoms. The van der Waals surface area contributed by atoms with E-state index in [0.29, 0.717) is 41.4 Å². The number of hydrogen-bond donors (Lipinski definition) is 0. The number of carbonyl (C=O) groups is 2. The number of benzene rings is 1. The molecule has 1 aromatic carbocycles. The second kappa shape index (κ2) is 14.5. The zero-order valence-electron chi connectivity index (χ0n) is 22.5. The second-order valence-electron chi connectivity index (χ2n) is 8.19. The van der Waals surface area contributed by atoms with E-state index in [4.69, 9.17) is 37.5 Å². The van der Waals surface area contributed by atoms with E-state index in [1.54, 1.807) is 21.0 Å². The van der Waals surface area contributed by atoms with Gasteiger partial charge in [0.15, 0.2) is 12.5 Å². The van der Waals surface area contributed by atoms with Crippen molar-refractivity contribution >= 4 is 19.5 Å². The fourth-order valence-electron chi connectivity index (χ4n) is 4.03. The Labute approximate surface area is 217 Å². The summed E-state index contributed by atoms with van der Waals surface area (Å²) < 4.78 is 55.6. The lowest BCUT2D eigenvalue weighted by molar-refractivity contribution is -0.143. The lowest BCUT2D eigenvalue weighted by Crippen LogP contribution is -2.25. The molecule has 37 heavy (non-hydrogen) atoms. The molecule has 0 saturated heterocycles. The Morgan fingerprint density at radius 1 is 1.14 bits per heavy atom. The lowest BCUT2D eigenvalue weighted by atomic mass is 9.94. The van der Waals surface area contributed by atoms with Gasteiger partial charge in [-0.15, -0.1) is 0 Å². The van der Waals surface area contributed by atoms with Crippen LogP contribution in [-0.4, -0.2) is 72.7 Å². The number of rotatable bonds is 16. The van der Waals surface area contributed by atoms with Crippen molar-refractivity contribution in [1.29, 1.82) is 0 Å². The average molecular weight is 545 g/mol. The molecule has 0 saturated carbocycles. The highest BCUT2D eigenvalue weighted by atomic mass is 31.2. The predicted octanol–water partition coefficient (Wildman–Crippen LogP) is 3.97. The number of cyclic esters (lactones) is 1. The van der Waals surface area contributed by atoms with Gasteiger partial charge in [-0.05, 0) is 39.2 Å². The fourth-order valence-corrected chi connectivity index (χ4v) is 5.53. The van der Waals surface area contributed by atoms with Crippen LogP contribution in [0.4, 0.5) is 0 Å². The molecule has 1 heterocycles. The quantitative estimate of drug-likeness (QED) is 0.0987. The molecule has 208 valence electrons. The largest absolute Gasteiger partial charge is 0.496 e. The lowest BCUT2D eigenvalue weighted by Gasteiger charge is -2.23. The van der Waals surface area contributed by atoms with Gasteiger partial charge in [-0.25, -0.2) is 4.79 Å². The third kappa shape index (κ3) is 7.33. The maximum Gasteiger partial charge on any atom is 0.344 e. The molecule has 2 rings (SSSR count). The van der Waals surface area contributed by atoms with Crippen LogP contribution in [-0.2, 0) is 50.4 Å². The highest BCUT2D eigenvalue weighted by Crippen LogP contribution is 2.54. The molecular weight excluding hydrogens is 507 g/mol. The first-order valence-corrected chi connectivity index (χ1v) is 13.4. The van der Waals surface area contributed by atoms with Gasteiger partial charge in [0.25, 0.3) is 0 Å². The molecule has 1 aliphatic rings. The molecule has 1 aromatic rings. The van der Waals surface area contributed by atoms with Crippen LogP contribution in [0.1, 0.15) is 47.3 Å². The molecular formula is C25H37O11P. The first-order valence-electron chi connectivity index (χ1n) is 11.8. The molecule has 0 spiro atoms. The van der Waals surface area contributed by atoms with E-state index < -0.39 is 25.2 Å². The number of methoxy groups -OCH3 is 2. The topological polar surface area (TPSA) is 125 Å². The van der Waals surface area contributed by atoms with Gasteiger partial charge >= 0.3 is 19.5 Å². The molecule has 11 nitrogen and oxygen atoms in total. The molecule has 1 aliphatic heterocycles. The van der Waals surface area contributed by atoms with Crippen molar-refractivity contribution < 1.29 is 51.6 Å². The summed E-state index contributed by atoms with van der Waals surface area (Å²) in [5.41, 5.74) is 2.00. The number of carbonyl (C=O) groups excluding carboxylic acids is 2. The minimum absolute atomic E-state index is 0.0718. The summed E-state index contributed by atoms with van der Waals surface area (Å²) in [5.74, 6) is -0.302. The first kappa shape index (κ1) is 30.8. The second-order valence-corrected chi connectivity index (χ2v) is 10.6. The predicted molar refractivity (Wildman–Crippen MR) is 134 cm³/mol. The Balaban J connectivity index is 2.43. The van der Waals surface area contributed by atoms with Gasteiger partial charge in [0.2, 0.25) is 0 Å². The molecule has 0 aliphatic carbocycles. The number of esters is 2. The van der Waals surface area contributed by atoms with Gasteiger partial charge in [-0.2, -0.15) is 0 Å². The van der Waals surface area contributed by atoms with Crippen molar-refractivity contribution in [2.45, 2.75) is 45.9 Å². The van der Waals surface area contributed by atoms with E-state index in [2.05, 4.69) is 0 Å². The van der Waals surface area contributed by atoms with Gasteiger partial charge < -0.3 is 37.5 Å². The van der Waals surface area contributed by atoms with Crippen molar-refractivity contribution in [3.8, 4) is 11.5 Å². The van der Waals surface area contributed by atoms with Crippen LogP contribution in [0.2, 0.25) is 0 Å². The van der Waals surface area contributed by atoms with Gasteiger partial charge in [0, 0.05) is 32.5 Å². The smallest absolute Gasteiger partial charge is 0.344 e. The number of ether oxygens (including phenoxy) is 6. The summed E-state index contributed by atoms with van der Waals surface area (Å²) in [6, 6.07) is 0. The molecule has 1 unspecified atom stereocenters. The highest BCUT2D eigenvalue weighted by Gasteiger charge is 2.41. The minimum atomic E-state index is -3.76. The Morgan fingerprint density at radius 3 is 2.43 bits per heavy atom. The van der Waals surface area contributed by atoms with E-state index in [1.165, 1.54) is 21.3 Å². The van der Waals surface area contributed by atoms with Crippen molar-refractivity contribution in [3.63, 3.8) is 0 Å². The van der Waals surface area contributed by atoms with Crippen LogP contribution in [0.15, 0.2) is 11.6 Å². The summed E-state index contributed by atoms with van der Waals surface area (Å²) >= 11 is 0. The van der Waals surface area contributed by atoms with Crippen LogP contribution in [0.25, 0.3) is 0 Å². The zero-order chi connectivity index (χ0) is 27.6. The summed E-state index contributed by atoms with van der Waals surface area (Å²) in [6.45, 7) is 6.15. The van der Waals surface area contributed by atoms with E-state index in [9.17, 15) is 14.2 Å². The van der Waals surface area contributed by atoms with Crippen LogP contribution >= 0.6 is 7.60 Å². The molecule has 0 amide bonds. The first-order chi connectivity index (χ1) is 17.7. The maximum absolute atomic E-state index is 13.0. The Hall–Kier alpha value is -2.43. The molecule has 12 heteroatoms. The van der Waals surface area contributed by atoms with Gasteiger partial charge in [0.05, 0.1) is 26.9 Å². The Morgan fingerprint density at radius 2 is 1.84 bits per heavy atom. The molecule has 0 N–H and O–H groups in total. The van der Waals surface area contributed by atoms with Crippen molar-refractivity contribution in [1.82, 2.24) is 0 Å². The summed E-state index contributed by atoms with van der Waals surface area (Å²) in [4.78, 5) is 25.2. The van der Waals surface area contributed by atoms with Crippen LogP contribution in [0.3, 0.4) is 0 Å². The van der Waals surface area contributed by atoms with Crippen molar-refractivity contribution in [3.05, 3.63) is 33.9 Å². The monoisotopic (exact) mass is 544 g/mol. The number of fused-ring (bicyclic) bond motifs is 1. The van der Waals surface area contributed by atoms with Crippen LogP contribution in [0, 0.1) is 6.92 Å². The number of hydrogen-bond acceptors (Lipinski definition) is 11. The Kier molecular flexibility index (Phi) is 12.1.